The van der Waals surface area contributed by atoms with Crippen LogP contribution >= 0.6 is 24.0 Å². The molecule has 0 atom stereocenters. The first-order valence-electron chi connectivity index (χ1n) is 8.80. The highest BCUT2D eigenvalue weighted by Crippen LogP contribution is 2.28. The maximum atomic E-state index is 11.4. The molecule has 0 unspecified atom stereocenters. The van der Waals surface area contributed by atoms with Crippen LogP contribution in [0.1, 0.15) is 28.8 Å². The molecule has 2 rings (SSSR count). The third kappa shape index (κ3) is 7.90. The molecule has 0 spiro atoms. The van der Waals surface area contributed by atoms with Crippen molar-refractivity contribution >= 4 is 35.9 Å². The zero-order valence-electron chi connectivity index (χ0n) is 15.9. The van der Waals surface area contributed by atoms with E-state index >= 15 is 0 Å². The minimum atomic E-state index is -0.310. The Morgan fingerprint density at radius 3 is 2.58 bits per heavy atom. The predicted octanol–water partition coefficient (Wildman–Crippen LogP) is 2.57. The number of likely N-dealkylation sites (N-methyl/N-ethyl adjacent to an activating group) is 1. The van der Waals surface area contributed by atoms with Gasteiger partial charge < -0.3 is 19.7 Å². The molecule has 0 radical (unpaired) electrons. The molecule has 26 heavy (non-hydrogen) atoms. The summed E-state index contributed by atoms with van der Waals surface area (Å²) in [6.45, 7) is 3.21. The number of benzene rings is 1. The number of methoxy groups -OCH3 is 1. The van der Waals surface area contributed by atoms with Crippen LogP contribution in [0.3, 0.4) is 0 Å². The minimum absolute atomic E-state index is 0. The van der Waals surface area contributed by atoms with Gasteiger partial charge in [-0.05, 0) is 42.9 Å². The molecular formula is C19H30IN3O3. The van der Waals surface area contributed by atoms with Crippen LogP contribution in [0.2, 0.25) is 0 Å². The Morgan fingerprint density at radius 1 is 1.31 bits per heavy atom. The lowest BCUT2D eigenvalue weighted by Gasteiger charge is -2.22. The van der Waals surface area contributed by atoms with Crippen LogP contribution in [0.5, 0.6) is 0 Å². The molecule has 7 heteroatoms. The predicted molar refractivity (Wildman–Crippen MR) is 114 cm³/mol. The summed E-state index contributed by atoms with van der Waals surface area (Å²) in [4.78, 5) is 17.8. The molecule has 1 N–H and O–H groups in total. The first-order chi connectivity index (χ1) is 12.1. The molecule has 0 aliphatic heterocycles. The lowest BCUT2D eigenvalue weighted by molar-refractivity contribution is 0.0600. The summed E-state index contributed by atoms with van der Waals surface area (Å²) in [6.07, 6.45) is 3.49. The van der Waals surface area contributed by atoms with E-state index in [1.807, 2.05) is 19.2 Å². The SMILES string of the molecule is CN=C(NCCc1ccc(C(=O)OC)cc1)N(C)CCOCC1CC1.I. The summed E-state index contributed by atoms with van der Waals surface area (Å²) in [7, 11) is 5.19. The number of nitrogens with zero attached hydrogens (tertiary/aromatic N) is 2. The van der Waals surface area contributed by atoms with Gasteiger partial charge in [0.15, 0.2) is 5.96 Å². The summed E-state index contributed by atoms with van der Waals surface area (Å²) in [5.41, 5.74) is 1.73. The zero-order valence-corrected chi connectivity index (χ0v) is 18.2. The fourth-order valence-electron chi connectivity index (χ4n) is 2.47. The van der Waals surface area contributed by atoms with Crippen molar-refractivity contribution in [3.05, 3.63) is 35.4 Å². The molecule has 1 aromatic carbocycles. The van der Waals surface area contributed by atoms with Crippen molar-refractivity contribution in [3.63, 3.8) is 0 Å². The van der Waals surface area contributed by atoms with Crippen molar-refractivity contribution in [2.24, 2.45) is 10.9 Å². The molecule has 0 heterocycles. The van der Waals surface area contributed by atoms with E-state index in [1.165, 1.54) is 20.0 Å². The Hall–Kier alpha value is -1.35. The van der Waals surface area contributed by atoms with E-state index in [0.29, 0.717) is 5.56 Å². The minimum Gasteiger partial charge on any atom is -0.465 e. The van der Waals surface area contributed by atoms with Crippen LogP contribution in [-0.4, -0.2) is 64.3 Å². The Kier molecular flexibility index (Phi) is 10.6. The fraction of sp³-hybridized carbons (Fsp3) is 0.579. The quantitative estimate of drug-likeness (QED) is 0.196. The number of nitrogens with one attached hydrogen (secondary N) is 1. The summed E-state index contributed by atoms with van der Waals surface area (Å²) in [5.74, 6) is 1.35. The van der Waals surface area contributed by atoms with Gasteiger partial charge in [0, 0.05) is 33.8 Å². The molecule has 0 amide bonds. The summed E-state index contributed by atoms with van der Waals surface area (Å²) < 4.78 is 10.4. The van der Waals surface area contributed by atoms with E-state index in [-0.39, 0.29) is 29.9 Å². The number of hydrogen-bond acceptors (Lipinski definition) is 4. The van der Waals surface area contributed by atoms with E-state index in [0.717, 1.165) is 50.2 Å². The number of ether oxygens (including phenoxy) is 2. The second-order valence-corrected chi connectivity index (χ2v) is 6.35. The summed E-state index contributed by atoms with van der Waals surface area (Å²) >= 11 is 0. The van der Waals surface area contributed by atoms with Crippen LogP contribution in [0, 0.1) is 5.92 Å². The highest BCUT2D eigenvalue weighted by Gasteiger charge is 2.21. The number of aliphatic imine (C=N–C) groups is 1. The number of halogens is 1. The van der Waals surface area contributed by atoms with Gasteiger partial charge in [0.05, 0.1) is 19.3 Å². The number of carbonyl (C=O) groups is 1. The van der Waals surface area contributed by atoms with Gasteiger partial charge >= 0.3 is 5.97 Å². The normalized spacial score (nSPS) is 13.7. The third-order valence-electron chi connectivity index (χ3n) is 4.27. The molecule has 0 aromatic heterocycles. The maximum Gasteiger partial charge on any atom is 0.337 e. The van der Waals surface area contributed by atoms with Gasteiger partial charge in [-0.2, -0.15) is 0 Å². The molecule has 6 nitrogen and oxygen atoms in total. The van der Waals surface area contributed by atoms with Gasteiger partial charge in [0.25, 0.3) is 0 Å². The van der Waals surface area contributed by atoms with Crippen molar-refractivity contribution in [3.8, 4) is 0 Å². The molecule has 146 valence electrons. The maximum absolute atomic E-state index is 11.4. The third-order valence-corrected chi connectivity index (χ3v) is 4.27. The van der Waals surface area contributed by atoms with Gasteiger partial charge in [-0.25, -0.2) is 4.79 Å². The standard InChI is InChI=1S/C19H29N3O3.HI/c1-20-19(22(2)12-13-25-14-16-4-5-16)21-11-10-15-6-8-17(9-7-15)18(23)24-3;/h6-9,16H,4-5,10-14H2,1-3H3,(H,20,21);1H. The van der Waals surface area contributed by atoms with Crippen molar-refractivity contribution in [2.75, 3.05) is 47.5 Å². The first-order valence-corrected chi connectivity index (χ1v) is 8.80. The summed E-state index contributed by atoms with van der Waals surface area (Å²) in [5, 5.41) is 3.36. The second-order valence-electron chi connectivity index (χ2n) is 6.35. The Bertz CT molecular complexity index is 574. The van der Waals surface area contributed by atoms with Crippen molar-refractivity contribution < 1.29 is 14.3 Å². The Balaban J connectivity index is 0.00000338. The van der Waals surface area contributed by atoms with Crippen molar-refractivity contribution in [2.45, 2.75) is 19.3 Å². The van der Waals surface area contributed by atoms with Crippen molar-refractivity contribution in [1.29, 1.82) is 0 Å². The van der Waals surface area contributed by atoms with Crippen LogP contribution in [0.25, 0.3) is 0 Å². The Morgan fingerprint density at radius 2 is 2.00 bits per heavy atom. The lowest BCUT2D eigenvalue weighted by Crippen LogP contribution is -2.41. The lowest BCUT2D eigenvalue weighted by atomic mass is 10.1. The van der Waals surface area contributed by atoms with Gasteiger partial charge in [0.2, 0.25) is 0 Å². The van der Waals surface area contributed by atoms with Gasteiger partial charge in [0.1, 0.15) is 0 Å². The second kappa shape index (κ2) is 12.1. The number of hydrogen-bond donors (Lipinski definition) is 1. The topological polar surface area (TPSA) is 63.2 Å². The molecule has 1 fully saturated rings. The van der Waals surface area contributed by atoms with Crippen LogP contribution in [0.15, 0.2) is 29.3 Å². The summed E-state index contributed by atoms with van der Waals surface area (Å²) in [6, 6.07) is 7.48. The highest BCUT2D eigenvalue weighted by molar-refractivity contribution is 14.0. The van der Waals surface area contributed by atoms with Crippen LogP contribution in [0.4, 0.5) is 0 Å². The first kappa shape index (κ1) is 22.7. The molecule has 0 saturated heterocycles. The van der Waals surface area contributed by atoms with E-state index < -0.39 is 0 Å². The smallest absolute Gasteiger partial charge is 0.337 e. The van der Waals surface area contributed by atoms with E-state index in [1.54, 1.807) is 19.2 Å². The largest absolute Gasteiger partial charge is 0.465 e. The molecule has 1 aromatic rings. The molecule has 1 aliphatic carbocycles. The number of guanidine groups is 1. The van der Waals surface area contributed by atoms with Crippen molar-refractivity contribution in [1.82, 2.24) is 10.2 Å². The van der Waals surface area contributed by atoms with Crippen LogP contribution in [-0.2, 0) is 15.9 Å². The van der Waals surface area contributed by atoms with Crippen LogP contribution < -0.4 is 5.32 Å². The number of esters is 1. The monoisotopic (exact) mass is 475 g/mol. The number of carbonyl (C=O) groups excluding carboxylic acids is 1. The molecule has 1 saturated carbocycles. The van der Waals surface area contributed by atoms with Gasteiger partial charge in [-0.1, -0.05) is 12.1 Å². The van der Waals surface area contributed by atoms with E-state index in [2.05, 4.69) is 15.2 Å². The zero-order chi connectivity index (χ0) is 18.1. The van der Waals surface area contributed by atoms with E-state index in [9.17, 15) is 4.79 Å². The molecule has 1 aliphatic rings. The highest BCUT2D eigenvalue weighted by atomic mass is 127. The number of rotatable bonds is 9. The molecular weight excluding hydrogens is 445 g/mol. The fourth-order valence-corrected chi connectivity index (χ4v) is 2.47. The van der Waals surface area contributed by atoms with E-state index in [4.69, 9.17) is 9.47 Å². The van der Waals surface area contributed by atoms with Gasteiger partial charge in [-0.15, -0.1) is 24.0 Å². The average Bonchev–Trinajstić information content (AvgIpc) is 3.46. The van der Waals surface area contributed by atoms with Gasteiger partial charge in [-0.3, -0.25) is 4.99 Å². The Labute approximate surface area is 173 Å². The molecule has 0 bridgehead atoms. The average molecular weight is 475 g/mol.